The Balaban J connectivity index is 2.15. The summed E-state index contributed by atoms with van der Waals surface area (Å²) in [5.41, 5.74) is 1.04. The first-order chi connectivity index (χ1) is 9.28. The van der Waals surface area contributed by atoms with E-state index < -0.39 is 23.6 Å². The summed E-state index contributed by atoms with van der Waals surface area (Å²) in [6.07, 6.45) is -0.170. The van der Waals surface area contributed by atoms with Crippen molar-refractivity contribution in [1.29, 1.82) is 0 Å². The predicted molar refractivity (Wildman–Crippen MR) is 73.5 cm³/mol. The second-order valence-corrected chi connectivity index (χ2v) is 5.95. The highest BCUT2D eigenvalue weighted by molar-refractivity contribution is 5.79. The van der Waals surface area contributed by atoms with Crippen molar-refractivity contribution in [1.82, 2.24) is 5.32 Å². The van der Waals surface area contributed by atoms with Crippen LogP contribution in [0.1, 0.15) is 50.3 Å². The van der Waals surface area contributed by atoms with Crippen molar-refractivity contribution in [2.75, 3.05) is 0 Å². The third kappa shape index (κ3) is 3.10. The molecule has 1 aromatic rings. The Hall–Kier alpha value is -2.04. The molecule has 0 spiro atoms. The highest BCUT2D eigenvalue weighted by atomic mass is 16.6. The lowest BCUT2D eigenvalue weighted by Crippen LogP contribution is -2.34. The first kappa shape index (κ1) is 14.4. The van der Waals surface area contributed by atoms with Gasteiger partial charge in [0.25, 0.3) is 0 Å². The molecule has 1 aromatic carbocycles. The summed E-state index contributed by atoms with van der Waals surface area (Å²) in [5, 5.41) is 12.0. The van der Waals surface area contributed by atoms with Crippen molar-refractivity contribution in [3.05, 3.63) is 35.4 Å². The molecule has 1 aliphatic carbocycles. The number of ether oxygens (including phenoxy) is 1. The van der Waals surface area contributed by atoms with Crippen molar-refractivity contribution < 1.29 is 19.4 Å². The molecular formula is C15H19NO4. The van der Waals surface area contributed by atoms with Gasteiger partial charge in [0, 0.05) is 0 Å². The summed E-state index contributed by atoms with van der Waals surface area (Å²) in [5.74, 6) is -1.45. The number of carboxylic acids is 1. The topological polar surface area (TPSA) is 75.6 Å². The zero-order valence-corrected chi connectivity index (χ0v) is 11.8. The van der Waals surface area contributed by atoms with Crippen LogP contribution in [-0.2, 0) is 9.53 Å². The molecule has 0 radical (unpaired) electrons. The van der Waals surface area contributed by atoms with E-state index in [9.17, 15) is 14.7 Å². The van der Waals surface area contributed by atoms with E-state index >= 15 is 0 Å². The van der Waals surface area contributed by atoms with E-state index in [-0.39, 0.29) is 6.04 Å². The Kier molecular flexibility index (Phi) is 3.70. The van der Waals surface area contributed by atoms with Crippen LogP contribution >= 0.6 is 0 Å². The molecule has 20 heavy (non-hydrogen) atoms. The minimum Gasteiger partial charge on any atom is -0.481 e. The Morgan fingerprint density at radius 1 is 1.25 bits per heavy atom. The molecule has 0 bridgehead atoms. The molecular weight excluding hydrogens is 258 g/mol. The molecule has 0 aliphatic heterocycles. The normalized spacial score (nSPS) is 21.1. The maximum absolute atomic E-state index is 11.8. The van der Waals surface area contributed by atoms with E-state index in [0.717, 1.165) is 11.1 Å². The molecule has 0 unspecified atom stereocenters. The lowest BCUT2D eigenvalue weighted by molar-refractivity contribution is -0.138. The maximum Gasteiger partial charge on any atom is 0.408 e. The number of amides is 1. The third-order valence-electron chi connectivity index (χ3n) is 3.21. The van der Waals surface area contributed by atoms with Gasteiger partial charge in [-0.15, -0.1) is 0 Å². The summed E-state index contributed by atoms with van der Waals surface area (Å²) in [7, 11) is 0. The van der Waals surface area contributed by atoms with Crippen LogP contribution in [0.4, 0.5) is 4.79 Å². The number of carbonyl (C=O) groups excluding carboxylic acids is 1. The highest BCUT2D eigenvalue weighted by Crippen LogP contribution is 2.40. The summed E-state index contributed by atoms with van der Waals surface area (Å²) in [6, 6.07) is 6.98. The van der Waals surface area contributed by atoms with Gasteiger partial charge in [-0.3, -0.25) is 4.79 Å². The quantitative estimate of drug-likeness (QED) is 0.871. The zero-order chi connectivity index (χ0) is 14.9. The van der Waals surface area contributed by atoms with Gasteiger partial charge < -0.3 is 15.2 Å². The van der Waals surface area contributed by atoms with Gasteiger partial charge in [0.15, 0.2) is 0 Å². The second-order valence-electron chi connectivity index (χ2n) is 5.95. The van der Waals surface area contributed by atoms with Gasteiger partial charge in [-0.25, -0.2) is 4.79 Å². The van der Waals surface area contributed by atoms with Crippen LogP contribution < -0.4 is 5.32 Å². The monoisotopic (exact) mass is 277 g/mol. The minimum absolute atomic E-state index is 0.317. The van der Waals surface area contributed by atoms with Gasteiger partial charge in [-0.05, 0) is 38.3 Å². The number of hydrogen-bond donors (Lipinski definition) is 2. The van der Waals surface area contributed by atoms with Gasteiger partial charge in [0.2, 0.25) is 0 Å². The lowest BCUT2D eigenvalue weighted by Gasteiger charge is -2.22. The molecule has 108 valence electrons. The van der Waals surface area contributed by atoms with Crippen LogP contribution in [-0.4, -0.2) is 22.8 Å². The molecule has 0 saturated heterocycles. The van der Waals surface area contributed by atoms with E-state index in [0.29, 0.717) is 6.42 Å². The number of fused-ring (bicyclic) bond motifs is 1. The minimum atomic E-state index is -0.870. The Bertz CT molecular complexity index is 533. The number of carbonyl (C=O) groups is 2. The first-order valence-electron chi connectivity index (χ1n) is 6.59. The molecule has 2 atom stereocenters. The molecule has 2 rings (SSSR count). The van der Waals surface area contributed by atoms with Crippen LogP contribution in [0.25, 0.3) is 0 Å². The van der Waals surface area contributed by atoms with E-state index in [1.54, 1.807) is 26.8 Å². The smallest absolute Gasteiger partial charge is 0.408 e. The van der Waals surface area contributed by atoms with Crippen molar-refractivity contribution in [2.45, 2.75) is 44.8 Å². The molecule has 0 fully saturated rings. The van der Waals surface area contributed by atoms with Gasteiger partial charge in [-0.1, -0.05) is 24.3 Å². The Morgan fingerprint density at radius 2 is 1.85 bits per heavy atom. The largest absolute Gasteiger partial charge is 0.481 e. The van der Waals surface area contributed by atoms with Crippen molar-refractivity contribution in [2.24, 2.45) is 0 Å². The number of nitrogens with one attached hydrogen (secondary N) is 1. The average molecular weight is 277 g/mol. The van der Waals surface area contributed by atoms with Crippen molar-refractivity contribution >= 4 is 12.1 Å². The van der Waals surface area contributed by atoms with Crippen LogP contribution in [0, 0.1) is 0 Å². The summed E-state index contributed by atoms with van der Waals surface area (Å²) in [4.78, 5) is 23.1. The van der Waals surface area contributed by atoms with Crippen molar-refractivity contribution in [3.8, 4) is 0 Å². The van der Waals surface area contributed by atoms with Crippen LogP contribution in [0.3, 0.4) is 0 Å². The maximum atomic E-state index is 11.8. The molecule has 1 aliphatic rings. The van der Waals surface area contributed by atoms with Crippen LogP contribution in [0.2, 0.25) is 0 Å². The number of benzene rings is 1. The molecule has 0 heterocycles. The van der Waals surface area contributed by atoms with Gasteiger partial charge >= 0.3 is 12.1 Å². The van der Waals surface area contributed by atoms with Gasteiger partial charge in [0.1, 0.15) is 5.60 Å². The molecule has 2 N–H and O–H groups in total. The van der Waals surface area contributed by atoms with E-state index in [2.05, 4.69) is 5.32 Å². The number of alkyl carbamates (subject to hydrolysis) is 1. The SMILES string of the molecule is CC(C)(C)OC(=O)N[C@H]1C[C@@H](C(=O)O)c2ccccc21. The van der Waals surface area contributed by atoms with Crippen LogP contribution in [0.15, 0.2) is 24.3 Å². The summed E-state index contributed by atoms with van der Waals surface area (Å²) in [6.45, 7) is 5.36. The van der Waals surface area contributed by atoms with Gasteiger partial charge in [0.05, 0.1) is 12.0 Å². The standard InChI is InChI=1S/C15H19NO4/c1-15(2,3)20-14(19)16-12-8-11(13(17)18)9-6-4-5-7-10(9)12/h4-7,11-12H,8H2,1-3H3,(H,16,19)(H,17,18)/t11-,12+/m1/s1. The first-order valence-corrected chi connectivity index (χ1v) is 6.59. The second kappa shape index (κ2) is 5.15. The van der Waals surface area contributed by atoms with Crippen LogP contribution in [0.5, 0.6) is 0 Å². The molecule has 0 aromatic heterocycles. The summed E-state index contributed by atoms with van der Waals surface area (Å²) >= 11 is 0. The van der Waals surface area contributed by atoms with Gasteiger partial charge in [-0.2, -0.15) is 0 Å². The molecule has 5 heteroatoms. The number of carboxylic acid groups (broad SMARTS) is 1. The zero-order valence-electron chi connectivity index (χ0n) is 11.8. The fraction of sp³-hybridized carbons (Fsp3) is 0.467. The van der Waals surface area contributed by atoms with E-state index in [1.807, 2.05) is 18.2 Å². The fourth-order valence-electron chi connectivity index (χ4n) is 2.46. The predicted octanol–water partition coefficient (Wildman–Crippen LogP) is 2.82. The highest BCUT2D eigenvalue weighted by Gasteiger charge is 2.36. The molecule has 1 amide bonds. The fourth-order valence-corrected chi connectivity index (χ4v) is 2.46. The summed E-state index contributed by atoms with van der Waals surface area (Å²) < 4.78 is 5.21. The Morgan fingerprint density at radius 3 is 2.40 bits per heavy atom. The number of aliphatic carboxylic acids is 1. The number of rotatable bonds is 2. The lowest BCUT2D eigenvalue weighted by atomic mass is 10.0. The average Bonchev–Trinajstić information content (AvgIpc) is 2.66. The third-order valence-corrected chi connectivity index (χ3v) is 3.21. The van der Waals surface area contributed by atoms with Crippen molar-refractivity contribution in [3.63, 3.8) is 0 Å². The van der Waals surface area contributed by atoms with E-state index in [4.69, 9.17) is 4.74 Å². The molecule has 5 nitrogen and oxygen atoms in total. The molecule has 0 saturated carbocycles. The van der Waals surface area contributed by atoms with E-state index in [1.165, 1.54) is 0 Å². The Labute approximate surface area is 117 Å². The number of hydrogen-bond acceptors (Lipinski definition) is 3.